The Kier molecular flexibility index (Phi) is 4.42. The molecule has 6 heteroatoms. The highest BCUT2D eigenvalue weighted by Crippen LogP contribution is 2.37. The van der Waals surface area contributed by atoms with Crippen LogP contribution in [0.15, 0.2) is 53.9 Å². The van der Waals surface area contributed by atoms with Gasteiger partial charge in [0, 0.05) is 0 Å². The van der Waals surface area contributed by atoms with E-state index >= 15 is 0 Å². The molecule has 1 fully saturated rings. The van der Waals surface area contributed by atoms with Gasteiger partial charge in [0.1, 0.15) is 5.75 Å². The Morgan fingerprint density at radius 2 is 1.69 bits per heavy atom. The van der Waals surface area contributed by atoms with Crippen LogP contribution >= 0.6 is 11.3 Å². The number of benzene rings is 1. The van der Waals surface area contributed by atoms with Crippen molar-refractivity contribution in [3.8, 4) is 5.75 Å². The molecule has 2 amide bonds. The lowest BCUT2D eigenvalue weighted by atomic mass is 9.85. The van der Waals surface area contributed by atoms with Crippen molar-refractivity contribution < 1.29 is 19.1 Å². The minimum atomic E-state index is -0.244. The van der Waals surface area contributed by atoms with Crippen molar-refractivity contribution in [2.45, 2.75) is 12.8 Å². The van der Waals surface area contributed by atoms with Gasteiger partial charge < -0.3 is 4.74 Å². The third-order valence-corrected chi connectivity index (χ3v) is 5.68. The Labute approximate surface area is 154 Å². The molecule has 1 aromatic heterocycles. The number of ether oxygens (including phenoxy) is 1. The molecule has 0 unspecified atom stereocenters. The van der Waals surface area contributed by atoms with Gasteiger partial charge in [-0.25, -0.2) is 0 Å². The second-order valence-corrected chi connectivity index (χ2v) is 7.30. The number of carbonyl (C=O) groups excluding carboxylic acids is 3. The number of anilines is 1. The summed E-state index contributed by atoms with van der Waals surface area (Å²) in [6.45, 7) is -0.0444. The van der Waals surface area contributed by atoms with Gasteiger partial charge in [-0.05, 0) is 48.6 Å². The lowest BCUT2D eigenvalue weighted by Crippen LogP contribution is -2.30. The van der Waals surface area contributed by atoms with Gasteiger partial charge in [0.15, 0.2) is 6.61 Å². The first-order chi connectivity index (χ1) is 12.6. The van der Waals surface area contributed by atoms with E-state index in [4.69, 9.17) is 4.74 Å². The fourth-order valence-electron chi connectivity index (χ4n) is 3.40. The summed E-state index contributed by atoms with van der Waals surface area (Å²) in [6, 6.07) is 10.3. The van der Waals surface area contributed by atoms with E-state index in [-0.39, 0.29) is 36.0 Å². The monoisotopic (exact) mass is 367 g/mol. The maximum atomic E-state index is 12.6. The summed E-state index contributed by atoms with van der Waals surface area (Å²) in [7, 11) is 0. The van der Waals surface area contributed by atoms with Crippen molar-refractivity contribution in [1.29, 1.82) is 0 Å². The number of carbonyl (C=O) groups is 3. The van der Waals surface area contributed by atoms with Gasteiger partial charge in [0.05, 0.1) is 22.4 Å². The lowest BCUT2D eigenvalue weighted by Gasteiger charge is -2.15. The van der Waals surface area contributed by atoms with E-state index < -0.39 is 0 Å². The third-order valence-electron chi connectivity index (χ3n) is 4.77. The molecule has 2 aromatic rings. The second-order valence-electron chi connectivity index (χ2n) is 6.35. The summed E-state index contributed by atoms with van der Waals surface area (Å²) in [6.07, 6.45) is 5.18. The molecule has 0 saturated carbocycles. The number of thiophene rings is 1. The highest BCUT2D eigenvalue weighted by molar-refractivity contribution is 7.12. The van der Waals surface area contributed by atoms with Crippen LogP contribution in [0.3, 0.4) is 0 Å². The smallest absolute Gasteiger partial charge is 0.238 e. The zero-order valence-electron chi connectivity index (χ0n) is 14.0. The number of hydrogen-bond donors (Lipinski definition) is 0. The first-order valence-electron chi connectivity index (χ1n) is 8.47. The molecular formula is C20H17NO4S. The summed E-state index contributed by atoms with van der Waals surface area (Å²) >= 11 is 1.38. The number of amides is 2. The molecule has 2 atom stereocenters. The summed E-state index contributed by atoms with van der Waals surface area (Å²) in [5.41, 5.74) is 0.548. The van der Waals surface area contributed by atoms with Crippen LogP contribution in [0.2, 0.25) is 0 Å². The van der Waals surface area contributed by atoms with Crippen LogP contribution in [0.5, 0.6) is 5.75 Å². The average Bonchev–Trinajstić information content (AvgIpc) is 3.29. The summed E-state index contributed by atoms with van der Waals surface area (Å²) in [4.78, 5) is 39.1. The molecule has 2 aliphatic rings. The SMILES string of the molecule is O=C(COc1ccc(N2C(=O)[C@@H]3CC=CC[C@H]3C2=O)cc1)c1cccs1. The fraction of sp³-hybridized carbons (Fsp3) is 0.250. The Morgan fingerprint density at radius 3 is 2.27 bits per heavy atom. The van der Waals surface area contributed by atoms with Gasteiger partial charge in [-0.15, -0.1) is 11.3 Å². The highest BCUT2D eigenvalue weighted by atomic mass is 32.1. The summed E-state index contributed by atoms with van der Waals surface area (Å²) in [5.74, 6) is -0.308. The van der Waals surface area contributed by atoms with E-state index in [0.717, 1.165) is 0 Å². The van der Waals surface area contributed by atoms with Crippen molar-refractivity contribution in [2.24, 2.45) is 11.8 Å². The molecule has 4 rings (SSSR count). The molecule has 0 bridgehead atoms. The highest BCUT2D eigenvalue weighted by Gasteiger charge is 2.47. The second kappa shape index (κ2) is 6.88. The van der Waals surface area contributed by atoms with Crippen molar-refractivity contribution in [1.82, 2.24) is 0 Å². The molecule has 0 radical (unpaired) electrons. The quantitative estimate of drug-likeness (QED) is 0.461. The normalized spacial score (nSPS) is 21.8. The molecule has 0 spiro atoms. The van der Waals surface area contributed by atoms with Crippen LogP contribution in [0.4, 0.5) is 5.69 Å². The minimum absolute atomic E-state index is 0.0444. The zero-order chi connectivity index (χ0) is 18.1. The molecule has 5 nitrogen and oxygen atoms in total. The van der Waals surface area contributed by atoms with E-state index in [1.165, 1.54) is 16.2 Å². The van der Waals surface area contributed by atoms with E-state index in [0.29, 0.717) is 29.2 Å². The number of allylic oxidation sites excluding steroid dienone is 2. The van der Waals surface area contributed by atoms with Gasteiger partial charge in [-0.3, -0.25) is 19.3 Å². The van der Waals surface area contributed by atoms with Crippen LogP contribution in [0, 0.1) is 11.8 Å². The first kappa shape index (κ1) is 16.7. The lowest BCUT2D eigenvalue weighted by molar-refractivity contribution is -0.122. The summed E-state index contributed by atoms with van der Waals surface area (Å²) < 4.78 is 5.52. The maximum Gasteiger partial charge on any atom is 0.238 e. The fourth-order valence-corrected chi connectivity index (χ4v) is 4.05. The van der Waals surface area contributed by atoms with Gasteiger partial charge >= 0.3 is 0 Å². The van der Waals surface area contributed by atoms with Crippen molar-refractivity contribution in [3.05, 3.63) is 58.8 Å². The molecule has 1 aliphatic heterocycles. The number of rotatable bonds is 5. The average molecular weight is 367 g/mol. The predicted molar refractivity (Wildman–Crippen MR) is 98.4 cm³/mol. The van der Waals surface area contributed by atoms with E-state index in [2.05, 4.69) is 0 Å². The van der Waals surface area contributed by atoms with Gasteiger partial charge in [-0.2, -0.15) is 0 Å². The van der Waals surface area contributed by atoms with Gasteiger partial charge in [-0.1, -0.05) is 18.2 Å². The van der Waals surface area contributed by atoms with E-state index in [1.54, 1.807) is 30.3 Å². The van der Waals surface area contributed by atoms with Crippen molar-refractivity contribution in [3.63, 3.8) is 0 Å². The van der Waals surface area contributed by atoms with Gasteiger partial charge in [0.25, 0.3) is 0 Å². The van der Waals surface area contributed by atoms with E-state index in [9.17, 15) is 14.4 Å². The summed E-state index contributed by atoms with van der Waals surface area (Å²) in [5, 5.41) is 1.85. The van der Waals surface area contributed by atoms with Crippen LogP contribution in [0.25, 0.3) is 0 Å². The molecule has 1 aliphatic carbocycles. The number of ketones is 1. The molecule has 1 aromatic carbocycles. The largest absolute Gasteiger partial charge is 0.485 e. The molecule has 2 heterocycles. The minimum Gasteiger partial charge on any atom is -0.485 e. The topological polar surface area (TPSA) is 63.7 Å². The number of nitrogens with zero attached hydrogens (tertiary/aromatic N) is 1. The number of Topliss-reactive ketones (excluding diaryl/α,β-unsaturated/α-hetero) is 1. The molecule has 26 heavy (non-hydrogen) atoms. The van der Waals surface area contributed by atoms with Crippen molar-refractivity contribution >= 4 is 34.6 Å². The number of hydrogen-bond acceptors (Lipinski definition) is 5. The Balaban J connectivity index is 1.44. The maximum absolute atomic E-state index is 12.6. The Bertz CT molecular complexity index is 844. The molecule has 132 valence electrons. The molecule has 1 saturated heterocycles. The third kappa shape index (κ3) is 2.97. The Morgan fingerprint density at radius 1 is 1.04 bits per heavy atom. The van der Waals surface area contributed by atoms with Crippen LogP contribution in [-0.4, -0.2) is 24.2 Å². The molecular weight excluding hydrogens is 350 g/mol. The zero-order valence-corrected chi connectivity index (χ0v) is 14.8. The van der Waals surface area contributed by atoms with Gasteiger partial charge in [0.2, 0.25) is 17.6 Å². The standard InChI is InChI=1S/C20H17NO4S/c22-17(18-6-3-11-26-18)12-25-14-9-7-13(8-10-14)21-19(23)15-4-1-2-5-16(15)20(21)24/h1-3,6-11,15-16H,4-5,12H2/t15-,16-/m1/s1. The van der Waals surface area contributed by atoms with E-state index in [1.807, 2.05) is 23.6 Å². The van der Waals surface area contributed by atoms with Crippen LogP contribution < -0.4 is 9.64 Å². The first-order valence-corrected chi connectivity index (χ1v) is 9.35. The number of imide groups is 1. The predicted octanol–water partition coefficient (Wildman–Crippen LogP) is 3.47. The van der Waals surface area contributed by atoms with Crippen LogP contribution in [0.1, 0.15) is 22.5 Å². The van der Waals surface area contributed by atoms with Crippen LogP contribution in [-0.2, 0) is 9.59 Å². The van der Waals surface area contributed by atoms with Crippen molar-refractivity contribution in [2.75, 3.05) is 11.5 Å². The number of fused-ring (bicyclic) bond motifs is 1. The Hall–Kier alpha value is -2.73. The molecule has 0 N–H and O–H groups in total.